The van der Waals surface area contributed by atoms with Gasteiger partial charge in [-0.2, -0.15) is 0 Å². The van der Waals surface area contributed by atoms with Crippen molar-refractivity contribution in [2.24, 2.45) is 16.3 Å². The molecule has 184 valence electrons. The van der Waals surface area contributed by atoms with E-state index in [-0.39, 0.29) is 11.3 Å². The molecule has 4 aromatic rings. The first-order valence-corrected chi connectivity index (χ1v) is 13.6. The maximum absolute atomic E-state index is 13.4. The molecule has 36 heavy (non-hydrogen) atoms. The van der Waals surface area contributed by atoms with Crippen LogP contribution in [0.1, 0.15) is 53.8 Å². The van der Waals surface area contributed by atoms with Gasteiger partial charge >= 0.3 is 0 Å². The van der Waals surface area contributed by atoms with Gasteiger partial charge in [0.05, 0.1) is 11.8 Å². The minimum absolute atomic E-state index is 0.114. The van der Waals surface area contributed by atoms with Gasteiger partial charge in [0, 0.05) is 23.0 Å². The molecule has 0 spiro atoms. The van der Waals surface area contributed by atoms with Gasteiger partial charge in [-0.15, -0.1) is 11.3 Å². The predicted molar refractivity (Wildman–Crippen MR) is 146 cm³/mol. The van der Waals surface area contributed by atoms with Gasteiger partial charge in [0.25, 0.3) is 5.91 Å². The lowest BCUT2D eigenvalue weighted by Gasteiger charge is -2.33. The maximum atomic E-state index is 13.4. The molecule has 1 aromatic carbocycles. The van der Waals surface area contributed by atoms with Crippen molar-refractivity contribution in [2.75, 3.05) is 5.32 Å². The molecular formula is C28H28N4O2S2. The third-order valence-corrected chi connectivity index (χ3v) is 8.35. The number of aromatic nitrogens is 2. The van der Waals surface area contributed by atoms with Gasteiger partial charge in [0.2, 0.25) is 0 Å². The normalized spacial score (nSPS) is 15.7. The molecule has 5 rings (SSSR count). The molecular weight excluding hydrogens is 488 g/mol. The number of fused-ring (bicyclic) bond motifs is 1. The summed E-state index contributed by atoms with van der Waals surface area (Å²) in [5.41, 5.74) is 2.82. The van der Waals surface area contributed by atoms with Crippen molar-refractivity contribution in [3.63, 3.8) is 0 Å². The molecule has 0 unspecified atom stereocenters. The third-order valence-electron chi connectivity index (χ3n) is 6.38. The molecule has 1 amide bonds. The Morgan fingerprint density at radius 3 is 2.67 bits per heavy atom. The number of nitrogens with one attached hydrogen (secondary N) is 1. The van der Waals surface area contributed by atoms with Crippen LogP contribution >= 0.6 is 23.1 Å². The Bertz CT molecular complexity index is 1370. The van der Waals surface area contributed by atoms with E-state index >= 15 is 0 Å². The summed E-state index contributed by atoms with van der Waals surface area (Å²) in [5, 5.41) is 5.08. The number of nitrogens with zero attached hydrogens (tertiary/aromatic N) is 3. The van der Waals surface area contributed by atoms with Crippen LogP contribution < -0.4 is 5.32 Å². The largest absolute Gasteiger partial charge is 0.448 e. The Kier molecular flexibility index (Phi) is 7.07. The first kappa shape index (κ1) is 24.5. The number of aliphatic imine (C=N–C) groups is 1. The molecule has 0 saturated heterocycles. The number of thiophene rings is 1. The smallest absolute Gasteiger partial charge is 0.259 e. The van der Waals surface area contributed by atoms with E-state index in [0.717, 1.165) is 35.5 Å². The van der Waals surface area contributed by atoms with Crippen LogP contribution in [0.15, 0.2) is 80.6 Å². The molecule has 3 heterocycles. The fourth-order valence-electron chi connectivity index (χ4n) is 4.36. The van der Waals surface area contributed by atoms with Gasteiger partial charge in [-0.25, -0.2) is 15.0 Å². The molecule has 0 radical (unpaired) electrons. The summed E-state index contributed by atoms with van der Waals surface area (Å²) < 4.78 is 5.91. The Hall–Kier alpha value is -3.23. The Balaban J connectivity index is 1.42. The summed E-state index contributed by atoms with van der Waals surface area (Å²) in [7, 11) is 0. The van der Waals surface area contributed by atoms with Gasteiger partial charge in [-0.3, -0.25) is 4.79 Å². The van der Waals surface area contributed by atoms with Crippen LogP contribution in [-0.2, 0) is 12.8 Å². The quantitative estimate of drug-likeness (QED) is 0.213. The Labute approximate surface area is 219 Å². The van der Waals surface area contributed by atoms with E-state index in [2.05, 4.69) is 36.1 Å². The van der Waals surface area contributed by atoms with Gasteiger partial charge in [0.1, 0.15) is 10.8 Å². The van der Waals surface area contributed by atoms with Crippen molar-refractivity contribution in [1.82, 2.24) is 9.97 Å². The standard InChI is InChI=1S/C28H28N4O2S2/c1-28(2,3)18-10-12-21-22(16-18)35-26(24(21)25(33)32-19-8-5-4-6-9-19)31-17-20-11-13-23(34-20)36-27-29-14-7-15-30-27/h4-9,11,13-15,17-18H,10,12,16H2,1-3H3,(H,32,33)/t18-/m0/s1. The summed E-state index contributed by atoms with van der Waals surface area (Å²) in [6, 6.07) is 15.1. The Morgan fingerprint density at radius 1 is 1.14 bits per heavy atom. The second-order valence-electron chi connectivity index (χ2n) is 9.86. The molecule has 3 aromatic heterocycles. The van der Waals surface area contributed by atoms with Crippen LogP contribution in [0.4, 0.5) is 10.7 Å². The van der Waals surface area contributed by atoms with E-state index in [1.807, 2.05) is 42.5 Å². The lowest BCUT2D eigenvalue weighted by atomic mass is 9.72. The summed E-state index contributed by atoms with van der Waals surface area (Å²) >= 11 is 2.98. The number of carbonyl (C=O) groups excluding carboxylic acids is 1. The van der Waals surface area contributed by atoms with Crippen molar-refractivity contribution in [1.29, 1.82) is 0 Å². The molecule has 6 nitrogen and oxygen atoms in total. The lowest BCUT2D eigenvalue weighted by Crippen LogP contribution is -2.27. The topological polar surface area (TPSA) is 80.4 Å². The van der Waals surface area contributed by atoms with Crippen molar-refractivity contribution < 1.29 is 9.21 Å². The van der Waals surface area contributed by atoms with E-state index in [4.69, 9.17) is 9.41 Å². The van der Waals surface area contributed by atoms with Gasteiger partial charge < -0.3 is 9.73 Å². The van der Waals surface area contributed by atoms with Crippen LogP contribution in [0.2, 0.25) is 0 Å². The highest BCUT2D eigenvalue weighted by molar-refractivity contribution is 7.99. The van der Waals surface area contributed by atoms with Crippen molar-refractivity contribution >= 4 is 45.9 Å². The van der Waals surface area contributed by atoms with Crippen molar-refractivity contribution in [3.8, 4) is 0 Å². The minimum Gasteiger partial charge on any atom is -0.448 e. The molecule has 1 N–H and O–H groups in total. The second-order valence-corrected chi connectivity index (χ2v) is 11.9. The SMILES string of the molecule is CC(C)(C)[C@H]1CCc2c(sc(N=Cc3ccc(Sc4ncccn4)o3)c2C(=O)Nc2ccccc2)C1. The lowest BCUT2D eigenvalue weighted by molar-refractivity contribution is 0.102. The first-order valence-electron chi connectivity index (χ1n) is 12.0. The highest BCUT2D eigenvalue weighted by Gasteiger charge is 2.33. The number of hydrogen-bond donors (Lipinski definition) is 1. The Morgan fingerprint density at radius 2 is 1.92 bits per heavy atom. The first-order chi connectivity index (χ1) is 17.4. The average molecular weight is 517 g/mol. The highest BCUT2D eigenvalue weighted by atomic mass is 32.2. The fraction of sp³-hybridized carbons (Fsp3) is 0.286. The van der Waals surface area contributed by atoms with Gasteiger partial charge in [-0.1, -0.05) is 39.0 Å². The van der Waals surface area contributed by atoms with E-state index in [9.17, 15) is 4.79 Å². The van der Waals surface area contributed by atoms with E-state index in [1.54, 1.807) is 36.0 Å². The molecule has 0 fully saturated rings. The second kappa shape index (κ2) is 10.4. The predicted octanol–water partition coefficient (Wildman–Crippen LogP) is 7.44. The number of hydrogen-bond acceptors (Lipinski definition) is 7. The zero-order valence-corrected chi connectivity index (χ0v) is 22.2. The van der Waals surface area contributed by atoms with Crippen LogP contribution in [0.25, 0.3) is 0 Å². The minimum atomic E-state index is -0.114. The maximum Gasteiger partial charge on any atom is 0.259 e. The summed E-state index contributed by atoms with van der Waals surface area (Å²) in [6.07, 6.45) is 8.02. The number of anilines is 1. The number of benzene rings is 1. The number of furan rings is 1. The van der Waals surface area contributed by atoms with Crippen molar-refractivity contribution in [2.45, 2.75) is 50.3 Å². The van der Waals surface area contributed by atoms with Gasteiger partial charge in [0.15, 0.2) is 10.2 Å². The molecule has 8 heteroatoms. The number of rotatable bonds is 6. The van der Waals surface area contributed by atoms with Gasteiger partial charge in [-0.05, 0) is 78.3 Å². The summed E-state index contributed by atoms with van der Waals surface area (Å²) in [4.78, 5) is 27.9. The van der Waals surface area contributed by atoms with Crippen LogP contribution in [0.3, 0.4) is 0 Å². The number of amides is 1. The van der Waals surface area contributed by atoms with E-state index < -0.39 is 0 Å². The average Bonchev–Trinajstić information content (AvgIpc) is 3.46. The summed E-state index contributed by atoms with van der Waals surface area (Å²) in [6.45, 7) is 6.89. The molecule has 1 atom stereocenters. The third kappa shape index (κ3) is 5.60. The zero-order valence-electron chi connectivity index (χ0n) is 20.5. The molecule has 1 aliphatic rings. The summed E-state index contributed by atoms with van der Waals surface area (Å²) in [5.74, 6) is 1.08. The molecule has 1 aliphatic carbocycles. The molecule has 0 aliphatic heterocycles. The zero-order chi connectivity index (χ0) is 25.1. The fourth-order valence-corrected chi connectivity index (χ4v) is 6.31. The number of carbonyl (C=O) groups is 1. The molecule has 0 bridgehead atoms. The monoisotopic (exact) mass is 516 g/mol. The van der Waals surface area contributed by atoms with Crippen LogP contribution in [-0.4, -0.2) is 22.1 Å². The van der Waals surface area contributed by atoms with E-state index in [0.29, 0.717) is 27.5 Å². The number of para-hydroxylation sites is 1. The van der Waals surface area contributed by atoms with Crippen LogP contribution in [0.5, 0.6) is 0 Å². The van der Waals surface area contributed by atoms with Crippen LogP contribution in [0, 0.1) is 11.3 Å². The van der Waals surface area contributed by atoms with Crippen molar-refractivity contribution in [3.05, 3.63) is 82.7 Å². The molecule has 0 saturated carbocycles. The highest BCUT2D eigenvalue weighted by Crippen LogP contribution is 2.45. The van der Waals surface area contributed by atoms with E-state index in [1.165, 1.54) is 16.6 Å².